The molecule has 6 aromatic rings. The van der Waals surface area contributed by atoms with Crippen molar-refractivity contribution in [2.75, 3.05) is 43.9 Å². The summed E-state index contributed by atoms with van der Waals surface area (Å²) in [7, 11) is 1.45. The maximum absolute atomic E-state index is 12.1. The highest BCUT2D eigenvalue weighted by molar-refractivity contribution is 5.84. The summed E-state index contributed by atoms with van der Waals surface area (Å²) >= 11 is 0. The molecule has 0 aliphatic carbocycles. The number of benzene rings is 2. The van der Waals surface area contributed by atoms with E-state index in [2.05, 4.69) is 50.8 Å². The van der Waals surface area contributed by atoms with Gasteiger partial charge in [0.2, 0.25) is 0 Å². The quantitative estimate of drug-likeness (QED) is 0.272. The van der Waals surface area contributed by atoms with Gasteiger partial charge in [-0.1, -0.05) is 42.5 Å². The lowest BCUT2D eigenvalue weighted by atomic mass is 9.78. The van der Waals surface area contributed by atoms with Crippen molar-refractivity contribution in [1.29, 1.82) is 0 Å². The normalized spacial score (nSPS) is 16.1. The van der Waals surface area contributed by atoms with E-state index in [1.165, 1.54) is 12.7 Å². The monoisotopic (exact) mass is 597 g/mol. The van der Waals surface area contributed by atoms with E-state index in [4.69, 9.17) is 20.4 Å². The van der Waals surface area contributed by atoms with Crippen molar-refractivity contribution < 1.29 is 4.74 Å². The Kier molecular flexibility index (Phi) is 6.28. The molecule has 2 N–H and O–H groups in total. The van der Waals surface area contributed by atoms with Crippen LogP contribution >= 0.6 is 0 Å². The fourth-order valence-electron chi connectivity index (χ4n) is 6.95. The molecule has 2 aliphatic heterocycles. The Hall–Kier alpha value is -5.35. The van der Waals surface area contributed by atoms with Crippen molar-refractivity contribution in [1.82, 2.24) is 24.4 Å². The largest absolute Gasteiger partial charge is 0.491 e. The zero-order chi connectivity index (χ0) is 30.7. The number of anilines is 2. The van der Waals surface area contributed by atoms with Crippen molar-refractivity contribution in [3.05, 3.63) is 111 Å². The summed E-state index contributed by atoms with van der Waals surface area (Å²) in [6.07, 6.45) is 2.74. The molecule has 10 heteroatoms. The molecule has 0 bridgehead atoms. The number of nitrogens with zero attached hydrogens (tertiary/aromatic N) is 6. The average molecular weight is 598 g/mol. The van der Waals surface area contributed by atoms with Crippen LogP contribution in [0.25, 0.3) is 39.5 Å². The van der Waals surface area contributed by atoms with Crippen molar-refractivity contribution >= 4 is 22.7 Å². The van der Waals surface area contributed by atoms with Crippen LogP contribution in [0.1, 0.15) is 12.0 Å². The minimum atomic E-state index is -0.517. The fourth-order valence-corrected chi connectivity index (χ4v) is 6.95. The first-order chi connectivity index (χ1) is 21.9. The smallest absolute Gasteiger partial charge is 0.272 e. The van der Waals surface area contributed by atoms with Gasteiger partial charge in [0.1, 0.15) is 17.0 Å². The number of aromatic nitrogens is 4. The number of imidazole rings is 1. The van der Waals surface area contributed by atoms with Crippen LogP contribution in [0.5, 0.6) is 5.75 Å². The van der Waals surface area contributed by atoms with Crippen LogP contribution in [0.4, 0.5) is 11.5 Å². The van der Waals surface area contributed by atoms with E-state index in [-0.39, 0.29) is 11.2 Å². The SMILES string of the molecule is COc1c(N2CC3(CCN(Cc4ccc(-n5c(-c6cccnc6N)nc6ccc(-c7ccccc7)nc65)cc4)C3)C2)c(=O)c1=O. The second-order valence-corrected chi connectivity index (χ2v) is 12.1. The number of nitrogen functional groups attached to an aromatic ring is 1. The number of nitrogens with two attached hydrogens (primary N) is 1. The molecule has 0 saturated carbocycles. The van der Waals surface area contributed by atoms with Crippen LogP contribution in [0, 0.1) is 5.41 Å². The van der Waals surface area contributed by atoms with Gasteiger partial charge < -0.3 is 15.4 Å². The molecular formula is C35H31N7O3. The van der Waals surface area contributed by atoms with Crippen LogP contribution in [0.2, 0.25) is 0 Å². The molecule has 0 radical (unpaired) electrons. The Morgan fingerprint density at radius 3 is 2.44 bits per heavy atom. The molecule has 2 fully saturated rings. The molecule has 2 aliphatic rings. The maximum Gasteiger partial charge on any atom is 0.272 e. The molecule has 224 valence electrons. The van der Waals surface area contributed by atoms with Crippen LogP contribution < -0.4 is 26.2 Å². The van der Waals surface area contributed by atoms with Gasteiger partial charge in [-0.3, -0.25) is 19.1 Å². The number of hydrogen-bond acceptors (Lipinski definition) is 9. The number of methoxy groups -OCH3 is 1. The summed E-state index contributed by atoms with van der Waals surface area (Å²) in [6, 6.07) is 26.4. The molecule has 1 spiro atoms. The number of pyridine rings is 2. The van der Waals surface area contributed by atoms with Gasteiger partial charge in [-0.25, -0.2) is 15.0 Å². The molecule has 2 saturated heterocycles. The van der Waals surface area contributed by atoms with E-state index in [1.54, 1.807) is 6.20 Å². The Labute approximate surface area is 259 Å². The van der Waals surface area contributed by atoms with Crippen LogP contribution in [0.3, 0.4) is 0 Å². The van der Waals surface area contributed by atoms with Crippen LogP contribution in [-0.4, -0.2) is 57.7 Å². The third-order valence-electron chi connectivity index (χ3n) is 9.19. The summed E-state index contributed by atoms with van der Waals surface area (Å²) in [6.45, 7) is 4.31. The Bertz CT molecular complexity index is 2130. The first-order valence-electron chi connectivity index (χ1n) is 15.0. The maximum atomic E-state index is 12.1. The molecule has 3 aromatic heterocycles. The summed E-state index contributed by atoms with van der Waals surface area (Å²) in [5, 5.41) is 0. The lowest BCUT2D eigenvalue weighted by Crippen LogP contribution is -2.60. The predicted molar refractivity (Wildman–Crippen MR) is 174 cm³/mol. The highest BCUT2D eigenvalue weighted by Gasteiger charge is 2.49. The zero-order valence-electron chi connectivity index (χ0n) is 24.8. The standard InChI is InChI=1S/C35H31N7O3/c1-45-31-28(29(43)30(31)44)41-20-35(21-41)15-17-40(19-35)18-22-9-11-24(12-10-22)42-33(25-8-5-16-37-32(25)36)39-27-14-13-26(38-34(27)42)23-6-3-2-4-7-23/h2-14,16H,15,17-21H2,1H3,(H2,36,37). The first-order valence-corrected chi connectivity index (χ1v) is 15.0. The third kappa shape index (κ3) is 4.48. The molecule has 0 atom stereocenters. The summed E-state index contributed by atoms with van der Waals surface area (Å²) in [4.78, 5) is 42.7. The van der Waals surface area contributed by atoms with E-state index in [9.17, 15) is 9.59 Å². The Morgan fingerprint density at radius 1 is 0.889 bits per heavy atom. The van der Waals surface area contributed by atoms with Crippen molar-refractivity contribution in [2.45, 2.75) is 13.0 Å². The van der Waals surface area contributed by atoms with Crippen LogP contribution in [0.15, 0.2) is 94.6 Å². The first kappa shape index (κ1) is 27.2. The average Bonchev–Trinajstić information content (AvgIpc) is 3.65. The zero-order valence-corrected chi connectivity index (χ0v) is 24.8. The van der Waals surface area contributed by atoms with Gasteiger partial charge in [0, 0.05) is 49.0 Å². The molecule has 10 nitrogen and oxygen atoms in total. The number of likely N-dealkylation sites (tertiary alicyclic amines) is 1. The highest BCUT2D eigenvalue weighted by atomic mass is 16.5. The summed E-state index contributed by atoms with van der Waals surface area (Å²) in [5.41, 5.74) is 12.3. The van der Waals surface area contributed by atoms with Gasteiger partial charge in [0.05, 0.1) is 18.4 Å². The van der Waals surface area contributed by atoms with E-state index in [0.717, 1.165) is 72.8 Å². The molecule has 45 heavy (non-hydrogen) atoms. The van der Waals surface area contributed by atoms with Gasteiger partial charge in [0.25, 0.3) is 10.9 Å². The number of ether oxygens (including phenoxy) is 1. The van der Waals surface area contributed by atoms with Gasteiger partial charge in [-0.15, -0.1) is 0 Å². The predicted octanol–water partition coefficient (Wildman–Crippen LogP) is 4.05. The molecule has 8 rings (SSSR count). The molecule has 3 aromatic carbocycles. The Balaban J connectivity index is 1.06. The van der Waals surface area contributed by atoms with E-state index in [0.29, 0.717) is 17.3 Å². The second kappa shape index (κ2) is 10.4. The minimum absolute atomic E-state index is 0.140. The van der Waals surface area contributed by atoms with Gasteiger partial charge >= 0.3 is 0 Å². The van der Waals surface area contributed by atoms with Crippen molar-refractivity contribution in [3.63, 3.8) is 0 Å². The number of hydrogen-bond donors (Lipinski definition) is 1. The third-order valence-corrected chi connectivity index (χ3v) is 9.19. The molecular weight excluding hydrogens is 566 g/mol. The minimum Gasteiger partial charge on any atom is -0.491 e. The number of rotatable bonds is 7. The lowest BCUT2D eigenvalue weighted by molar-refractivity contribution is 0.200. The topological polar surface area (TPSA) is 119 Å². The Morgan fingerprint density at radius 2 is 1.69 bits per heavy atom. The van der Waals surface area contributed by atoms with E-state index < -0.39 is 10.9 Å². The molecule has 5 heterocycles. The lowest BCUT2D eigenvalue weighted by Gasteiger charge is -2.49. The summed E-state index contributed by atoms with van der Waals surface area (Å²) in [5.74, 6) is 1.31. The highest BCUT2D eigenvalue weighted by Crippen LogP contribution is 2.43. The summed E-state index contributed by atoms with van der Waals surface area (Å²) < 4.78 is 7.21. The molecule has 0 amide bonds. The fraction of sp³-hybridized carbons (Fsp3) is 0.229. The van der Waals surface area contributed by atoms with Crippen LogP contribution in [-0.2, 0) is 6.54 Å². The number of fused-ring (bicyclic) bond motifs is 1. The second-order valence-electron chi connectivity index (χ2n) is 12.1. The van der Waals surface area contributed by atoms with E-state index >= 15 is 0 Å². The van der Waals surface area contributed by atoms with Gasteiger partial charge in [0.15, 0.2) is 17.2 Å². The van der Waals surface area contributed by atoms with E-state index in [1.807, 2.05) is 47.4 Å². The molecule has 0 unspecified atom stereocenters. The van der Waals surface area contributed by atoms with Gasteiger partial charge in [-0.05, 0) is 54.9 Å². The van der Waals surface area contributed by atoms with Gasteiger partial charge in [-0.2, -0.15) is 0 Å². The van der Waals surface area contributed by atoms with Crippen molar-refractivity contribution in [3.8, 4) is 34.1 Å². The van der Waals surface area contributed by atoms with Crippen molar-refractivity contribution in [2.24, 2.45) is 5.41 Å².